The number of methoxy groups -OCH3 is 2. The average Bonchev–Trinajstić information content (AvgIpc) is 4.27. The number of aromatic amines is 2. The van der Waals surface area contributed by atoms with E-state index in [9.17, 15) is 19.2 Å². The Morgan fingerprint density at radius 1 is 0.627 bits per heavy atom. The molecule has 4 aromatic carbocycles. The van der Waals surface area contributed by atoms with Crippen LogP contribution in [0.5, 0.6) is 0 Å². The fourth-order valence-corrected chi connectivity index (χ4v) is 12.1. The quantitative estimate of drug-likeness (QED) is 0.0730. The highest BCUT2D eigenvalue weighted by molar-refractivity contribution is 7.98. The minimum atomic E-state index is -0.670. The van der Waals surface area contributed by atoms with Gasteiger partial charge in [-0.3, -0.25) is 9.59 Å². The molecule has 75 heavy (non-hydrogen) atoms. The Kier molecular flexibility index (Phi) is 17.1. The monoisotopic (exact) mass is 1050 g/mol. The summed E-state index contributed by atoms with van der Waals surface area (Å²) in [6.45, 7) is 7.80. The SMILES string of the molecule is COC(=O)N[C@@H](CCSC)C(=O)N1C[C@H](C)C[C@H]1c1ncc(-c2ccc(-c3cc4ccc3CCc3ccc(c(-c5ccc(-c6cnc([C@@H]7C[C@@H](C)CN7C(=O)[C@H](CCSC)NC(=O)OC)[nH]6)cc5)c3)C[C@H]4C)cc2)[nH]1. The van der Waals surface area contributed by atoms with Crippen LogP contribution in [0, 0.1) is 11.8 Å². The molecule has 4 heterocycles. The van der Waals surface area contributed by atoms with Crippen LogP contribution in [0.25, 0.3) is 44.8 Å². The van der Waals surface area contributed by atoms with Gasteiger partial charge in [0.15, 0.2) is 0 Å². The molecule has 2 aliphatic heterocycles. The predicted octanol–water partition coefficient (Wildman–Crippen LogP) is 11.0. The number of H-pyrrole nitrogens is 2. The van der Waals surface area contributed by atoms with Gasteiger partial charge in [-0.2, -0.15) is 23.5 Å². The first-order chi connectivity index (χ1) is 36.3. The van der Waals surface area contributed by atoms with Gasteiger partial charge in [0.05, 0.1) is 50.1 Å². The van der Waals surface area contributed by atoms with E-state index in [1.54, 1.807) is 23.5 Å². The molecule has 0 radical (unpaired) electrons. The number of likely N-dealkylation sites (tertiary alicyclic amines) is 2. The predicted molar refractivity (Wildman–Crippen MR) is 300 cm³/mol. The van der Waals surface area contributed by atoms with E-state index in [0.29, 0.717) is 25.9 Å². The van der Waals surface area contributed by atoms with Gasteiger partial charge in [-0.25, -0.2) is 19.6 Å². The lowest BCUT2D eigenvalue weighted by Crippen LogP contribution is -2.49. The van der Waals surface area contributed by atoms with Crippen LogP contribution in [-0.2, 0) is 38.3 Å². The summed E-state index contributed by atoms with van der Waals surface area (Å²) in [4.78, 5) is 72.7. The number of nitrogens with zero attached hydrogens (tertiary/aromatic N) is 4. The zero-order chi connectivity index (χ0) is 52.8. The van der Waals surface area contributed by atoms with Gasteiger partial charge in [-0.1, -0.05) is 106 Å². The lowest BCUT2D eigenvalue weighted by molar-refractivity contribution is -0.135. The molecule has 2 fully saturated rings. The molecule has 4 aliphatic carbocycles. The number of carbonyl (C=O) groups excluding carboxylic acids is 4. The Bertz CT molecular complexity index is 2980. The minimum Gasteiger partial charge on any atom is -0.453 e. The highest BCUT2D eigenvalue weighted by Crippen LogP contribution is 2.40. The van der Waals surface area contributed by atoms with Crippen LogP contribution in [0.4, 0.5) is 9.59 Å². The zero-order valence-corrected chi connectivity index (χ0v) is 45.7. The second kappa shape index (κ2) is 24.0. The van der Waals surface area contributed by atoms with Crippen molar-refractivity contribution in [1.29, 1.82) is 0 Å². The van der Waals surface area contributed by atoms with E-state index in [2.05, 4.69) is 126 Å². The normalized spacial score (nSPS) is 20.1. The van der Waals surface area contributed by atoms with Crippen LogP contribution in [0.15, 0.2) is 97.3 Å². The van der Waals surface area contributed by atoms with Crippen molar-refractivity contribution in [2.24, 2.45) is 11.8 Å². The first-order valence-electron chi connectivity index (χ1n) is 26.2. The van der Waals surface area contributed by atoms with Crippen LogP contribution < -0.4 is 10.6 Å². The second-order valence-electron chi connectivity index (χ2n) is 20.7. The number of amides is 4. The highest BCUT2D eigenvalue weighted by Gasteiger charge is 2.41. The molecule has 4 N–H and O–H groups in total. The molecular formula is C59H70N8O6S2. The molecule has 2 saturated heterocycles. The number of nitrogens with one attached hydrogen (secondary N) is 4. The van der Waals surface area contributed by atoms with Crippen LogP contribution >= 0.6 is 23.5 Å². The first kappa shape index (κ1) is 53.3. The maximum absolute atomic E-state index is 13.9. The van der Waals surface area contributed by atoms with Gasteiger partial charge in [0.25, 0.3) is 0 Å². The van der Waals surface area contributed by atoms with Gasteiger partial charge in [0.1, 0.15) is 23.7 Å². The molecule has 14 nitrogen and oxygen atoms in total. The molecular weight excluding hydrogens is 981 g/mol. The molecule has 0 spiro atoms. The van der Waals surface area contributed by atoms with Gasteiger partial charge in [0, 0.05) is 13.1 Å². The van der Waals surface area contributed by atoms with Crippen molar-refractivity contribution in [2.45, 2.75) is 95.8 Å². The summed E-state index contributed by atoms with van der Waals surface area (Å²) in [5, 5.41) is 5.53. The number of aromatic nitrogens is 4. The van der Waals surface area contributed by atoms with Crippen LogP contribution in [-0.4, -0.2) is 117 Å². The van der Waals surface area contributed by atoms with E-state index >= 15 is 0 Å². The molecule has 2 aromatic heterocycles. The first-order valence-corrected chi connectivity index (χ1v) is 29.0. The third-order valence-electron chi connectivity index (χ3n) is 15.3. The number of rotatable bonds is 16. The lowest BCUT2D eigenvalue weighted by atomic mass is 9.84. The van der Waals surface area contributed by atoms with Gasteiger partial charge in [-0.05, 0) is 142 Å². The van der Waals surface area contributed by atoms with E-state index in [1.165, 1.54) is 58.7 Å². The second-order valence-corrected chi connectivity index (χ2v) is 22.6. The zero-order valence-electron chi connectivity index (χ0n) is 44.1. The third kappa shape index (κ3) is 12.1. The van der Waals surface area contributed by atoms with E-state index in [4.69, 9.17) is 19.4 Å². The summed E-state index contributed by atoms with van der Waals surface area (Å²) in [5.74, 6) is 3.56. The van der Waals surface area contributed by atoms with Crippen LogP contribution in [0.2, 0.25) is 0 Å². The average molecular weight is 1050 g/mol. The van der Waals surface area contributed by atoms with Crippen molar-refractivity contribution in [3.8, 4) is 44.8 Å². The number of benzene rings is 4. The Balaban J connectivity index is 0.889. The largest absolute Gasteiger partial charge is 0.453 e. The van der Waals surface area contributed by atoms with Crippen molar-refractivity contribution in [3.05, 3.63) is 131 Å². The van der Waals surface area contributed by atoms with Crippen molar-refractivity contribution < 1.29 is 28.7 Å². The molecule has 0 unspecified atom stereocenters. The number of ether oxygens (including phenoxy) is 2. The Morgan fingerprint density at radius 2 is 1.09 bits per heavy atom. The fourth-order valence-electron chi connectivity index (χ4n) is 11.2. The molecule has 16 heteroatoms. The summed E-state index contributed by atoms with van der Waals surface area (Å²) >= 11 is 3.27. The van der Waals surface area contributed by atoms with Crippen LogP contribution in [0.3, 0.4) is 0 Å². The number of hydrogen-bond acceptors (Lipinski definition) is 10. The number of thioether (sulfide) groups is 2. The molecule has 4 amide bonds. The van der Waals surface area contributed by atoms with Crippen molar-refractivity contribution in [1.82, 2.24) is 40.4 Å². The molecule has 0 saturated carbocycles. The van der Waals surface area contributed by atoms with Crippen molar-refractivity contribution in [3.63, 3.8) is 0 Å². The molecule has 6 aliphatic rings. The van der Waals surface area contributed by atoms with Crippen molar-refractivity contribution in [2.75, 3.05) is 51.3 Å². The number of hydrogen-bond donors (Lipinski definition) is 4. The number of imidazole rings is 2. The lowest BCUT2D eigenvalue weighted by Gasteiger charge is -2.28. The fraction of sp³-hybridized carbons (Fsp3) is 0.424. The Hall–Kier alpha value is -6.52. The van der Waals surface area contributed by atoms with Gasteiger partial charge >= 0.3 is 12.2 Å². The van der Waals surface area contributed by atoms with Crippen molar-refractivity contribution >= 4 is 47.5 Å². The van der Waals surface area contributed by atoms with Gasteiger partial charge in [0.2, 0.25) is 11.8 Å². The van der Waals surface area contributed by atoms with Gasteiger partial charge in [-0.15, -0.1) is 0 Å². The third-order valence-corrected chi connectivity index (χ3v) is 16.6. The van der Waals surface area contributed by atoms with E-state index in [1.807, 2.05) is 34.7 Å². The summed E-state index contributed by atoms with van der Waals surface area (Å²) in [6, 6.07) is 29.7. The molecule has 394 valence electrons. The number of alkyl carbamates (subject to hydrolysis) is 2. The maximum Gasteiger partial charge on any atom is 0.407 e. The number of aryl methyl sites for hydroxylation is 2. The molecule has 6 aromatic rings. The minimum absolute atomic E-state index is 0.113. The topological polar surface area (TPSA) is 175 Å². The molecule has 4 bridgehead atoms. The summed E-state index contributed by atoms with van der Waals surface area (Å²) in [7, 11) is 2.63. The summed E-state index contributed by atoms with van der Waals surface area (Å²) in [6.07, 6.45) is 11.7. The van der Waals surface area contributed by atoms with E-state index in [-0.39, 0.29) is 41.7 Å². The van der Waals surface area contributed by atoms with Crippen LogP contribution in [0.1, 0.15) is 98.4 Å². The maximum atomic E-state index is 13.9. The Labute approximate surface area is 449 Å². The van der Waals surface area contributed by atoms with E-state index in [0.717, 1.165) is 77.8 Å². The molecule has 12 rings (SSSR count). The number of carbonyl (C=O) groups is 4. The smallest absolute Gasteiger partial charge is 0.407 e. The highest BCUT2D eigenvalue weighted by atomic mass is 32.2. The Morgan fingerprint density at radius 3 is 1.57 bits per heavy atom. The van der Waals surface area contributed by atoms with Gasteiger partial charge < -0.3 is 39.9 Å². The molecule has 7 atom stereocenters. The van der Waals surface area contributed by atoms with E-state index < -0.39 is 24.3 Å². The summed E-state index contributed by atoms with van der Waals surface area (Å²) < 4.78 is 9.70. The summed E-state index contributed by atoms with van der Waals surface area (Å²) in [5.41, 5.74) is 13.9. The standard InChI is InChI=1S/C59H70N8O6S2/c1-35-26-52(66(33-35)56(68)48(22-24-74-6)64-58(70)72-4)54-60-31-50(62-54)42-17-12-40(13-18-42)46-29-38-8-10-39-16-21-44(37(3)28-45(46)11-9-38)30-47(39)41-14-19-43(20-15-41)51-32-61-55(63-51)53-27-36(2)34-67(53)57(69)49(23-25-75-7)65-59(71)73-5/h9,11-21,29-32,35-37,48-49,52-53H,8,10,22-28,33-34H2,1-7H3,(H,60,62)(H,61,63)(H,64,70)(H,65,71)/t35-,36-,37-,48+,49+,52+,53+/m1/s1.